The van der Waals surface area contributed by atoms with Crippen molar-refractivity contribution in [2.24, 2.45) is 4.99 Å². The SMILES string of the molecule is Cc1ccc(NC(=S)NC(=NC2CC(C)(C)NC(C)(C)C2)Nc2nc(C)cc(C)n2)c(Cl)c1. The molecule has 0 bridgehead atoms. The zero-order valence-electron chi connectivity index (χ0n) is 20.4. The Morgan fingerprint density at radius 3 is 2.21 bits per heavy atom. The third kappa shape index (κ3) is 7.62. The summed E-state index contributed by atoms with van der Waals surface area (Å²) in [6, 6.07) is 7.79. The maximum absolute atomic E-state index is 6.37. The summed E-state index contributed by atoms with van der Waals surface area (Å²) < 4.78 is 0. The van der Waals surface area contributed by atoms with E-state index in [0.29, 0.717) is 22.0 Å². The van der Waals surface area contributed by atoms with Gasteiger partial charge < -0.3 is 16.0 Å². The smallest absolute Gasteiger partial charge is 0.229 e. The van der Waals surface area contributed by atoms with E-state index in [-0.39, 0.29) is 17.1 Å². The second kappa shape index (κ2) is 9.91. The summed E-state index contributed by atoms with van der Waals surface area (Å²) in [6.07, 6.45) is 1.78. The lowest BCUT2D eigenvalue weighted by atomic mass is 9.80. The molecule has 1 aliphatic rings. The highest BCUT2D eigenvalue weighted by atomic mass is 35.5. The van der Waals surface area contributed by atoms with Gasteiger partial charge >= 0.3 is 0 Å². The van der Waals surface area contributed by atoms with Gasteiger partial charge in [-0.3, -0.25) is 5.32 Å². The second-order valence-corrected chi connectivity index (χ2v) is 10.9. The average Bonchev–Trinajstić information content (AvgIpc) is 2.60. The van der Waals surface area contributed by atoms with Crippen LogP contribution in [0.3, 0.4) is 0 Å². The number of thiocarbonyl (C=S) groups is 1. The summed E-state index contributed by atoms with van der Waals surface area (Å²) in [6.45, 7) is 14.7. The molecular formula is C24H34ClN7S. The Balaban J connectivity index is 1.85. The standard InChI is InChI=1S/C24H34ClN7S/c1-14-8-9-19(18(25)10-14)29-22(33)31-21(30-20-26-15(2)11-16(3)27-20)28-17-12-23(4,5)32-24(6,7)13-17/h8-11,17,32H,12-13H2,1-7H3,(H3,26,27,28,29,30,31,33). The lowest BCUT2D eigenvalue weighted by Crippen LogP contribution is -2.59. The fraction of sp³-hybridized carbons (Fsp3) is 0.500. The van der Waals surface area contributed by atoms with Crippen LogP contribution in [0.25, 0.3) is 0 Å². The Morgan fingerprint density at radius 1 is 1.03 bits per heavy atom. The molecule has 2 heterocycles. The van der Waals surface area contributed by atoms with E-state index in [1.165, 1.54) is 0 Å². The van der Waals surface area contributed by atoms with Crippen molar-refractivity contribution >= 4 is 46.5 Å². The van der Waals surface area contributed by atoms with Crippen molar-refractivity contribution in [3.8, 4) is 0 Å². The first-order valence-electron chi connectivity index (χ1n) is 11.1. The Bertz CT molecular complexity index is 1030. The van der Waals surface area contributed by atoms with Crippen LogP contribution in [0, 0.1) is 20.8 Å². The monoisotopic (exact) mass is 487 g/mol. The molecule has 2 aromatic rings. The number of halogens is 1. The quantitative estimate of drug-likeness (QED) is 0.271. The summed E-state index contributed by atoms with van der Waals surface area (Å²) in [4.78, 5) is 14.0. The Labute approximate surface area is 207 Å². The van der Waals surface area contributed by atoms with Gasteiger partial charge in [-0.1, -0.05) is 17.7 Å². The van der Waals surface area contributed by atoms with Crippen molar-refractivity contribution < 1.29 is 0 Å². The number of hydrogen-bond donors (Lipinski definition) is 4. The maximum Gasteiger partial charge on any atom is 0.229 e. The van der Waals surface area contributed by atoms with Crippen molar-refractivity contribution in [2.75, 3.05) is 10.6 Å². The minimum Gasteiger partial charge on any atom is -0.331 e. The van der Waals surface area contributed by atoms with Crippen molar-refractivity contribution in [3.05, 3.63) is 46.2 Å². The van der Waals surface area contributed by atoms with E-state index in [1.807, 2.05) is 45.0 Å². The Kier molecular flexibility index (Phi) is 7.61. The lowest BCUT2D eigenvalue weighted by molar-refractivity contribution is 0.164. The summed E-state index contributed by atoms with van der Waals surface area (Å²) in [5.41, 5.74) is 3.49. The number of rotatable bonds is 3. The van der Waals surface area contributed by atoms with Crippen LogP contribution in [0.2, 0.25) is 5.02 Å². The minimum absolute atomic E-state index is 0.0361. The molecule has 7 nitrogen and oxygen atoms in total. The number of aromatic nitrogens is 2. The molecule has 0 unspecified atom stereocenters. The molecule has 0 aliphatic carbocycles. The molecule has 0 saturated carbocycles. The van der Waals surface area contributed by atoms with Gasteiger partial charge in [0, 0.05) is 22.5 Å². The van der Waals surface area contributed by atoms with E-state index in [4.69, 9.17) is 28.8 Å². The number of guanidine groups is 1. The molecule has 0 amide bonds. The van der Waals surface area contributed by atoms with Gasteiger partial charge in [-0.15, -0.1) is 0 Å². The van der Waals surface area contributed by atoms with Crippen LogP contribution >= 0.6 is 23.8 Å². The highest BCUT2D eigenvalue weighted by Crippen LogP contribution is 2.30. The number of anilines is 2. The van der Waals surface area contributed by atoms with Gasteiger partial charge in [0.1, 0.15) is 0 Å². The molecule has 0 atom stereocenters. The van der Waals surface area contributed by atoms with Gasteiger partial charge in [0.2, 0.25) is 11.9 Å². The second-order valence-electron chi connectivity index (χ2n) is 10.1. The van der Waals surface area contributed by atoms with E-state index < -0.39 is 0 Å². The molecule has 1 saturated heterocycles. The zero-order valence-corrected chi connectivity index (χ0v) is 22.0. The van der Waals surface area contributed by atoms with Crippen LogP contribution < -0.4 is 21.3 Å². The molecule has 3 rings (SSSR count). The van der Waals surface area contributed by atoms with Gasteiger partial charge in [-0.25, -0.2) is 15.0 Å². The van der Waals surface area contributed by atoms with Crippen LogP contribution in [0.15, 0.2) is 29.3 Å². The van der Waals surface area contributed by atoms with E-state index in [1.54, 1.807) is 0 Å². The van der Waals surface area contributed by atoms with Gasteiger partial charge in [0.15, 0.2) is 5.11 Å². The number of nitrogens with one attached hydrogen (secondary N) is 4. The fourth-order valence-electron chi connectivity index (χ4n) is 4.51. The van der Waals surface area contributed by atoms with Gasteiger partial charge in [-0.2, -0.15) is 0 Å². The van der Waals surface area contributed by atoms with Crippen molar-refractivity contribution in [3.63, 3.8) is 0 Å². The van der Waals surface area contributed by atoms with Crippen LogP contribution in [-0.2, 0) is 0 Å². The van der Waals surface area contributed by atoms with Crippen LogP contribution in [0.1, 0.15) is 57.5 Å². The molecule has 1 fully saturated rings. The largest absolute Gasteiger partial charge is 0.331 e. The van der Waals surface area contributed by atoms with Crippen molar-refractivity contribution in [1.82, 2.24) is 20.6 Å². The van der Waals surface area contributed by atoms with E-state index in [9.17, 15) is 0 Å². The van der Waals surface area contributed by atoms with Crippen molar-refractivity contribution in [1.29, 1.82) is 0 Å². The molecule has 1 aromatic carbocycles. The summed E-state index contributed by atoms with van der Waals surface area (Å²) in [5, 5.41) is 14.3. The molecule has 4 N–H and O–H groups in total. The fourth-order valence-corrected chi connectivity index (χ4v) is 5.00. The highest BCUT2D eigenvalue weighted by Gasteiger charge is 2.37. The number of benzene rings is 1. The zero-order chi connectivity index (χ0) is 24.4. The summed E-state index contributed by atoms with van der Waals surface area (Å²) in [7, 11) is 0. The third-order valence-corrected chi connectivity index (χ3v) is 5.81. The summed E-state index contributed by atoms with van der Waals surface area (Å²) in [5.74, 6) is 0.974. The molecular weight excluding hydrogens is 454 g/mol. The van der Waals surface area contributed by atoms with Crippen molar-refractivity contribution in [2.45, 2.75) is 78.4 Å². The molecule has 0 radical (unpaired) electrons. The number of aliphatic imine (C=N–C) groups is 1. The summed E-state index contributed by atoms with van der Waals surface area (Å²) >= 11 is 11.9. The highest BCUT2D eigenvalue weighted by molar-refractivity contribution is 7.80. The first-order chi connectivity index (χ1) is 15.3. The van der Waals surface area contributed by atoms with Gasteiger partial charge in [0.05, 0.1) is 16.8 Å². The van der Waals surface area contributed by atoms with Crippen LogP contribution in [0.5, 0.6) is 0 Å². The predicted octanol–water partition coefficient (Wildman–Crippen LogP) is 5.12. The minimum atomic E-state index is -0.0361. The first-order valence-corrected chi connectivity index (χ1v) is 11.9. The normalized spacial score (nSPS) is 18.0. The topological polar surface area (TPSA) is 86.3 Å². The Morgan fingerprint density at radius 2 is 1.64 bits per heavy atom. The van der Waals surface area contributed by atoms with Crippen LogP contribution in [-0.4, -0.2) is 38.2 Å². The van der Waals surface area contributed by atoms with E-state index in [0.717, 1.165) is 35.5 Å². The average molecular weight is 488 g/mol. The number of nitrogens with zero attached hydrogens (tertiary/aromatic N) is 3. The van der Waals surface area contributed by atoms with E-state index >= 15 is 0 Å². The van der Waals surface area contributed by atoms with Gasteiger partial charge in [-0.05, 0) is 97.3 Å². The van der Waals surface area contributed by atoms with Crippen LogP contribution in [0.4, 0.5) is 11.6 Å². The first kappa shape index (κ1) is 25.3. The molecule has 33 heavy (non-hydrogen) atoms. The molecule has 1 aliphatic heterocycles. The molecule has 1 aromatic heterocycles. The molecule has 9 heteroatoms. The molecule has 0 spiro atoms. The number of piperidine rings is 1. The Hall–Kier alpha value is -2.29. The van der Waals surface area contributed by atoms with E-state index in [2.05, 4.69) is 58.9 Å². The third-order valence-electron chi connectivity index (χ3n) is 5.30. The maximum atomic E-state index is 6.37. The lowest BCUT2D eigenvalue weighted by Gasteiger charge is -2.45. The number of hydrogen-bond acceptors (Lipinski definition) is 5. The van der Waals surface area contributed by atoms with Gasteiger partial charge in [0.25, 0.3) is 0 Å². The molecule has 178 valence electrons. The predicted molar refractivity (Wildman–Crippen MR) is 142 cm³/mol. The number of aryl methyl sites for hydroxylation is 3.